The van der Waals surface area contributed by atoms with Crippen LogP contribution in [-0.4, -0.2) is 24.2 Å². The van der Waals surface area contributed by atoms with E-state index in [1.165, 1.54) is 38.3 Å². The van der Waals surface area contributed by atoms with Gasteiger partial charge in [-0.3, -0.25) is 9.55 Å². The van der Waals surface area contributed by atoms with Crippen LogP contribution < -0.4 is 0 Å². The quantitative estimate of drug-likeness (QED) is 0.181. The SMILES string of the molecule is CC(C)(C)c1cc(-c2nc3c(-c4cccc(-c5cc(-c6cccc7c8ccccc8n(-c8ccccc8)c67)ccn5)c4)cccc3n2-c2cc(C(C)(C)C)cc3ccc(C(C)(C)C)cc23)c(O)c(C(C)(C)C)c1. The highest BCUT2D eigenvalue weighted by atomic mass is 16.3. The summed E-state index contributed by atoms with van der Waals surface area (Å²) in [6.45, 7) is 26.9. The van der Waals surface area contributed by atoms with Gasteiger partial charge >= 0.3 is 0 Å². The molecule has 0 saturated carbocycles. The molecule has 0 spiro atoms. The summed E-state index contributed by atoms with van der Waals surface area (Å²) in [5.41, 5.74) is 17.0. The van der Waals surface area contributed by atoms with E-state index < -0.39 is 0 Å². The number of benzene rings is 8. The van der Waals surface area contributed by atoms with Crippen LogP contribution in [0.15, 0.2) is 176 Å². The number of fused-ring (bicyclic) bond motifs is 5. The average Bonchev–Trinajstić information content (AvgIpc) is 3.91. The van der Waals surface area contributed by atoms with Gasteiger partial charge in [0.1, 0.15) is 11.6 Å². The fourth-order valence-corrected chi connectivity index (χ4v) is 10.7. The molecule has 73 heavy (non-hydrogen) atoms. The first-order valence-electron chi connectivity index (χ1n) is 25.8. The average molecular weight is 955 g/mol. The van der Waals surface area contributed by atoms with Crippen molar-refractivity contribution in [1.82, 2.24) is 19.1 Å². The van der Waals surface area contributed by atoms with Crippen LogP contribution in [0.2, 0.25) is 0 Å². The van der Waals surface area contributed by atoms with Crippen molar-refractivity contribution in [2.75, 3.05) is 0 Å². The number of hydrogen-bond acceptors (Lipinski definition) is 3. The highest BCUT2D eigenvalue weighted by Crippen LogP contribution is 2.46. The van der Waals surface area contributed by atoms with Crippen LogP contribution in [0.25, 0.3) is 99.9 Å². The zero-order valence-corrected chi connectivity index (χ0v) is 44.5. The van der Waals surface area contributed by atoms with Gasteiger partial charge in [0.05, 0.1) is 39.0 Å². The van der Waals surface area contributed by atoms with E-state index in [-0.39, 0.29) is 27.4 Å². The third kappa shape index (κ3) is 8.39. The van der Waals surface area contributed by atoms with Crippen LogP contribution in [0.5, 0.6) is 5.75 Å². The summed E-state index contributed by atoms with van der Waals surface area (Å²) in [5, 5.41) is 17.4. The number of phenols is 1. The van der Waals surface area contributed by atoms with Crippen molar-refractivity contribution in [1.29, 1.82) is 0 Å². The van der Waals surface area contributed by atoms with Crippen molar-refractivity contribution in [3.8, 4) is 62.0 Å². The zero-order chi connectivity index (χ0) is 51.4. The van der Waals surface area contributed by atoms with Crippen LogP contribution in [0, 0.1) is 0 Å². The van der Waals surface area contributed by atoms with Crippen LogP contribution in [0.3, 0.4) is 0 Å². The van der Waals surface area contributed by atoms with Crippen LogP contribution >= 0.6 is 0 Å². The lowest BCUT2D eigenvalue weighted by molar-refractivity contribution is 0.446. The lowest BCUT2D eigenvalue weighted by Crippen LogP contribution is -2.17. The second kappa shape index (κ2) is 17.2. The molecule has 1 N–H and O–H groups in total. The normalized spacial score (nSPS) is 12.7. The summed E-state index contributed by atoms with van der Waals surface area (Å²) < 4.78 is 4.73. The van der Waals surface area contributed by atoms with Gasteiger partial charge in [0.2, 0.25) is 0 Å². The highest BCUT2D eigenvalue weighted by molar-refractivity contribution is 6.14. The number of nitrogens with zero attached hydrogens (tertiary/aromatic N) is 4. The number of imidazole rings is 1. The molecule has 0 aliphatic heterocycles. The van der Waals surface area contributed by atoms with Gasteiger partial charge < -0.3 is 9.67 Å². The van der Waals surface area contributed by atoms with E-state index >= 15 is 0 Å². The van der Waals surface area contributed by atoms with Gasteiger partial charge in [-0.15, -0.1) is 0 Å². The molecule has 0 fully saturated rings. The third-order valence-corrected chi connectivity index (χ3v) is 14.9. The largest absolute Gasteiger partial charge is 0.507 e. The number of hydrogen-bond donors (Lipinski definition) is 1. The summed E-state index contributed by atoms with van der Waals surface area (Å²) in [7, 11) is 0. The molecule has 3 heterocycles. The topological polar surface area (TPSA) is 55.9 Å². The minimum absolute atomic E-state index is 0.0725. The number of rotatable bonds is 6. The standard InChI is InChI=1S/C68H66N4O/c1-65(2,3)46-32-31-43-36-47(66(4,5)6)41-60(54(43)38-46)72-59-30-20-26-50(61(59)70-64(72)55-39-48(67(7,8)9)40-56(63(55)73)68(10,11)12)42-21-18-22-45(35-42)57-37-44(33-34-69-57)51-27-19-28-53-52-25-16-17-29-58(52)71(62(51)53)49-23-14-13-15-24-49/h13-41,73H,1-12H3. The van der Waals surface area contributed by atoms with Crippen LogP contribution in [0.4, 0.5) is 0 Å². The van der Waals surface area contributed by atoms with Crippen molar-refractivity contribution in [3.05, 3.63) is 198 Å². The zero-order valence-electron chi connectivity index (χ0n) is 44.5. The highest BCUT2D eigenvalue weighted by Gasteiger charge is 2.30. The predicted octanol–water partition coefficient (Wildman–Crippen LogP) is 18.2. The van der Waals surface area contributed by atoms with E-state index in [4.69, 9.17) is 9.97 Å². The van der Waals surface area contributed by atoms with E-state index in [1.807, 2.05) is 6.20 Å². The lowest BCUT2D eigenvalue weighted by atomic mass is 9.78. The second-order valence-electron chi connectivity index (χ2n) is 24.2. The third-order valence-electron chi connectivity index (χ3n) is 14.9. The van der Waals surface area contributed by atoms with Gasteiger partial charge in [-0.25, -0.2) is 4.98 Å². The Morgan fingerprint density at radius 2 is 1.05 bits per heavy atom. The number of aromatic hydroxyl groups is 1. The number of pyridine rings is 1. The van der Waals surface area contributed by atoms with Crippen LogP contribution in [-0.2, 0) is 21.7 Å². The van der Waals surface area contributed by atoms with Crippen molar-refractivity contribution < 1.29 is 5.11 Å². The molecule has 0 amide bonds. The molecular weight excluding hydrogens is 889 g/mol. The molecule has 8 aromatic carbocycles. The van der Waals surface area contributed by atoms with E-state index in [9.17, 15) is 5.11 Å². The summed E-state index contributed by atoms with van der Waals surface area (Å²) in [6, 6.07) is 61.6. The molecule has 0 aliphatic carbocycles. The van der Waals surface area contributed by atoms with Gasteiger partial charge in [0.15, 0.2) is 0 Å². The molecule has 5 heteroatoms. The lowest BCUT2D eigenvalue weighted by Gasteiger charge is -2.28. The van der Waals surface area contributed by atoms with Crippen molar-refractivity contribution >= 4 is 43.6 Å². The number of aromatic nitrogens is 4. The Labute approximate surface area is 430 Å². The predicted molar refractivity (Wildman–Crippen MR) is 309 cm³/mol. The minimum atomic E-state index is -0.332. The van der Waals surface area contributed by atoms with Gasteiger partial charge in [0.25, 0.3) is 0 Å². The van der Waals surface area contributed by atoms with E-state index in [1.54, 1.807) is 0 Å². The maximum absolute atomic E-state index is 12.7. The molecule has 364 valence electrons. The maximum atomic E-state index is 12.7. The second-order valence-corrected chi connectivity index (χ2v) is 24.2. The molecule has 0 unspecified atom stereocenters. The summed E-state index contributed by atoms with van der Waals surface area (Å²) in [6.07, 6.45) is 1.94. The molecule has 5 nitrogen and oxygen atoms in total. The molecule has 0 atom stereocenters. The van der Waals surface area contributed by atoms with Gasteiger partial charge in [-0.05, 0) is 116 Å². The molecule has 11 rings (SSSR count). The molecule has 11 aromatic rings. The minimum Gasteiger partial charge on any atom is -0.507 e. The Balaban J connectivity index is 1.14. The van der Waals surface area contributed by atoms with Crippen molar-refractivity contribution in [3.63, 3.8) is 0 Å². The molecule has 3 aromatic heterocycles. The Kier molecular flexibility index (Phi) is 11.2. The smallest absolute Gasteiger partial charge is 0.149 e. The van der Waals surface area contributed by atoms with E-state index in [2.05, 4.69) is 262 Å². The first-order chi connectivity index (χ1) is 34.6. The van der Waals surface area contributed by atoms with Crippen molar-refractivity contribution in [2.45, 2.75) is 105 Å². The first-order valence-corrected chi connectivity index (χ1v) is 25.8. The Bertz CT molecular complexity index is 3950. The van der Waals surface area contributed by atoms with E-state index in [0.717, 1.165) is 78.0 Å². The fourth-order valence-electron chi connectivity index (χ4n) is 10.7. The summed E-state index contributed by atoms with van der Waals surface area (Å²) in [5.74, 6) is 0.968. The molecule has 0 aliphatic rings. The van der Waals surface area contributed by atoms with Gasteiger partial charge in [0, 0.05) is 50.3 Å². The number of phenolic OH excluding ortho intramolecular Hbond substituents is 1. The van der Waals surface area contributed by atoms with Gasteiger partial charge in [-0.2, -0.15) is 0 Å². The van der Waals surface area contributed by atoms with E-state index in [0.29, 0.717) is 5.82 Å². The summed E-state index contributed by atoms with van der Waals surface area (Å²) >= 11 is 0. The molecular formula is C68H66N4O. The Hall–Kier alpha value is -7.76. The summed E-state index contributed by atoms with van der Waals surface area (Å²) in [4.78, 5) is 10.8. The van der Waals surface area contributed by atoms with Crippen LogP contribution in [0.1, 0.15) is 105 Å². The Morgan fingerprint density at radius 1 is 0.425 bits per heavy atom. The molecule has 0 bridgehead atoms. The van der Waals surface area contributed by atoms with Gasteiger partial charge in [-0.1, -0.05) is 192 Å². The monoisotopic (exact) mass is 955 g/mol. The van der Waals surface area contributed by atoms with Crippen molar-refractivity contribution in [2.24, 2.45) is 0 Å². The maximum Gasteiger partial charge on any atom is 0.149 e. The molecule has 0 saturated heterocycles. The number of para-hydroxylation sites is 4. The molecule has 0 radical (unpaired) electrons. The fraction of sp³-hybridized carbons (Fsp3) is 0.235. The Morgan fingerprint density at radius 3 is 1.79 bits per heavy atom. The first kappa shape index (κ1) is 47.6.